The van der Waals surface area contributed by atoms with Gasteiger partial charge in [-0.05, 0) is 23.3 Å². The summed E-state index contributed by atoms with van der Waals surface area (Å²) in [6, 6.07) is 3.66. The van der Waals surface area contributed by atoms with E-state index in [1.165, 1.54) is 4.90 Å². The van der Waals surface area contributed by atoms with Crippen LogP contribution in [0.4, 0.5) is 4.79 Å². The van der Waals surface area contributed by atoms with Crippen LogP contribution in [0.1, 0.15) is 11.1 Å². The summed E-state index contributed by atoms with van der Waals surface area (Å²) in [7, 11) is 3.13. The Morgan fingerprint density at radius 2 is 1.62 bits per heavy atom. The van der Waals surface area contributed by atoms with Crippen molar-refractivity contribution in [1.29, 1.82) is 0 Å². The molecule has 1 aromatic carbocycles. The van der Waals surface area contributed by atoms with Crippen LogP contribution in [0.15, 0.2) is 12.1 Å². The lowest BCUT2D eigenvalue weighted by molar-refractivity contribution is 0.145. The average molecular weight is 223 g/mol. The maximum absolute atomic E-state index is 10.8. The van der Waals surface area contributed by atoms with Crippen molar-refractivity contribution in [2.24, 2.45) is 0 Å². The third-order valence-corrected chi connectivity index (χ3v) is 2.70. The van der Waals surface area contributed by atoms with E-state index in [1.54, 1.807) is 14.2 Å². The van der Waals surface area contributed by atoms with Gasteiger partial charge in [-0.2, -0.15) is 0 Å². The Bertz CT molecular complexity index is 397. The molecule has 0 saturated heterocycles. The first kappa shape index (κ1) is 10.6. The highest BCUT2D eigenvalue weighted by atomic mass is 16.5. The van der Waals surface area contributed by atoms with Gasteiger partial charge in [0.25, 0.3) is 0 Å². The largest absolute Gasteiger partial charge is 0.493 e. The molecule has 0 fully saturated rings. The minimum absolute atomic E-state index is 0.408. The van der Waals surface area contributed by atoms with Crippen LogP contribution >= 0.6 is 0 Å². The highest BCUT2D eigenvalue weighted by molar-refractivity contribution is 5.67. The predicted octanol–water partition coefficient (Wildman–Crippen LogP) is 1.70. The number of benzene rings is 1. The number of fused-ring (bicyclic) bond motifs is 1. The molecule has 1 aromatic rings. The molecule has 0 unspecified atom stereocenters. The molecule has 0 atom stereocenters. The molecular formula is C11H13NO4. The summed E-state index contributed by atoms with van der Waals surface area (Å²) in [5.41, 5.74) is 1.94. The number of nitrogens with zero attached hydrogens (tertiary/aromatic N) is 1. The molecule has 2 rings (SSSR count). The summed E-state index contributed by atoms with van der Waals surface area (Å²) < 4.78 is 10.3. The van der Waals surface area contributed by atoms with Crippen molar-refractivity contribution in [2.45, 2.75) is 13.1 Å². The zero-order valence-corrected chi connectivity index (χ0v) is 9.19. The minimum Gasteiger partial charge on any atom is -0.493 e. The molecule has 1 amide bonds. The van der Waals surface area contributed by atoms with E-state index in [-0.39, 0.29) is 0 Å². The van der Waals surface area contributed by atoms with Gasteiger partial charge in [0.1, 0.15) is 0 Å². The maximum atomic E-state index is 10.8. The van der Waals surface area contributed by atoms with Gasteiger partial charge in [0.2, 0.25) is 0 Å². The molecule has 1 aliphatic rings. The quantitative estimate of drug-likeness (QED) is 0.829. The van der Waals surface area contributed by atoms with Crippen LogP contribution in [0.2, 0.25) is 0 Å². The number of carboxylic acid groups (broad SMARTS) is 1. The lowest BCUT2D eigenvalue weighted by Gasteiger charge is -2.08. The number of hydrogen-bond donors (Lipinski definition) is 1. The van der Waals surface area contributed by atoms with E-state index in [0.29, 0.717) is 24.6 Å². The van der Waals surface area contributed by atoms with E-state index in [2.05, 4.69) is 0 Å². The summed E-state index contributed by atoms with van der Waals surface area (Å²) in [6.45, 7) is 0.816. The van der Waals surface area contributed by atoms with Crippen LogP contribution in [0, 0.1) is 0 Å². The molecule has 5 nitrogen and oxygen atoms in total. The Morgan fingerprint density at radius 3 is 1.94 bits per heavy atom. The second-order valence-electron chi connectivity index (χ2n) is 3.61. The number of amides is 1. The van der Waals surface area contributed by atoms with Crippen molar-refractivity contribution in [3.63, 3.8) is 0 Å². The molecule has 0 bridgehead atoms. The van der Waals surface area contributed by atoms with Crippen LogP contribution in [-0.4, -0.2) is 30.3 Å². The smallest absolute Gasteiger partial charge is 0.407 e. The van der Waals surface area contributed by atoms with Crippen molar-refractivity contribution in [3.05, 3.63) is 23.3 Å². The first-order valence-electron chi connectivity index (χ1n) is 4.87. The predicted molar refractivity (Wildman–Crippen MR) is 56.8 cm³/mol. The number of carbonyl (C=O) groups is 1. The fourth-order valence-electron chi connectivity index (χ4n) is 1.86. The van der Waals surface area contributed by atoms with E-state index in [0.717, 1.165) is 11.1 Å². The Labute approximate surface area is 93.2 Å². The number of rotatable bonds is 2. The van der Waals surface area contributed by atoms with Gasteiger partial charge in [0, 0.05) is 13.1 Å². The number of ether oxygens (including phenoxy) is 2. The minimum atomic E-state index is -0.908. The van der Waals surface area contributed by atoms with Crippen molar-refractivity contribution < 1.29 is 19.4 Å². The van der Waals surface area contributed by atoms with Crippen LogP contribution in [0.3, 0.4) is 0 Å². The highest BCUT2D eigenvalue weighted by Gasteiger charge is 2.24. The van der Waals surface area contributed by atoms with E-state index < -0.39 is 6.09 Å². The lowest BCUT2D eigenvalue weighted by Crippen LogP contribution is -2.22. The molecule has 0 saturated carbocycles. The number of methoxy groups -OCH3 is 2. The zero-order valence-electron chi connectivity index (χ0n) is 9.19. The van der Waals surface area contributed by atoms with E-state index in [9.17, 15) is 4.79 Å². The Hall–Kier alpha value is -1.91. The normalized spacial score (nSPS) is 13.5. The van der Waals surface area contributed by atoms with Crippen molar-refractivity contribution in [1.82, 2.24) is 4.90 Å². The zero-order chi connectivity index (χ0) is 11.7. The first-order chi connectivity index (χ1) is 7.65. The topological polar surface area (TPSA) is 59.0 Å². The molecular weight excluding hydrogens is 210 g/mol. The van der Waals surface area contributed by atoms with Gasteiger partial charge < -0.3 is 14.6 Å². The van der Waals surface area contributed by atoms with Gasteiger partial charge in [0.15, 0.2) is 11.5 Å². The summed E-state index contributed by atoms with van der Waals surface area (Å²) >= 11 is 0. The summed E-state index contributed by atoms with van der Waals surface area (Å²) in [4.78, 5) is 12.2. The van der Waals surface area contributed by atoms with Gasteiger partial charge in [0.05, 0.1) is 14.2 Å². The first-order valence-corrected chi connectivity index (χ1v) is 4.87. The third kappa shape index (κ3) is 1.64. The fourth-order valence-corrected chi connectivity index (χ4v) is 1.86. The van der Waals surface area contributed by atoms with Gasteiger partial charge in [-0.25, -0.2) is 4.79 Å². The average Bonchev–Trinajstić information content (AvgIpc) is 2.69. The summed E-state index contributed by atoms with van der Waals surface area (Å²) in [6.07, 6.45) is -0.908. The summed E-state index contributed by atoms with van der Waals surface area (Å²) in [5, 5.41) is 8.90. The fraction of sp³-hybridized carbons (Fsp3) is 0.364. The molecule has 86 valence electrons. The molecule has 1 heterocycles. The van der Waals surface area contributed by atoms with Crippen LogP contribution in [0.5, 0.6) is 11.5 Å². The van der Waals surface area contributed by atoms with Crippen LogP contribution in [0.25, 0.3) is 0 Å². The van der Waals surface area contributed by atoms with Gasteiger partial charge >= 0.3 is 6.09 Å². The van der Waals surface area contributed by atoms with Gasteiger partial charge in [-0.3, -0.25) is 4.90 Å². The number of hydrogen-bond acceptors (Lipinski definition) is 3. The van der Waals surface area contributed by atoms with Crippen molar-refractivity contribution in [3.8, 4) is 11.5 Å². The lowest BCUT2D eigenvalue weighted by atomic mass is 10.1. The highest BCUT2D eigenvalue weighted by Crippen LogP contribution is 2.34. The SMILES string of the molecule is COc1cc2c(cc1OC)CN(C(=O)O)C2. The second-order valence-corrected chi connectivity index (χ2v) is 3.61. The van der Waals surface area contributed by atoms with E-state index in [4.69, 9.17) is 14.6 Å². The molecule has 16 heavy (non-hydrogen) atoms. The molecule has 1 aliphatic heterocycles. The third-order valence-electron chi connectivity index (χ3n) is 2.70. The maximum Gasteiger partial charge on any atom is 0.407 e. The Kier molecular flexibility index (Phi) is 2.60. The van der Waals surface area contributed by atoms with E-state index in [1.807, 2.05) is 12.1 Å². The van der Waals surface area contributed by atoms with E-state index >= 15 is 0 Å². The second kappa shape index (κ2) is 3.92. The molecule has 1 N–H and O–H groups in total. The molecule has 0 spiro atoms. The van der Waals surface area contributed by atoms with Crippen molar-refractivity contribution in [2.75, 3.05) is 14.2 Å². The Morgan fingerprint density at radius 1 is 1.19 bits per heavy atom. The van der Waals surface area contributed by atoms with Crippen LogP contribution in [-0.2, 0) is 13.1 Å². The van der Waals surface area contributed by atoms with Gasteiger partial charge in [-0.1, -0.05) is 0 Å². The van der Waals surface area contributed by atoms with Crippen LogP contribution < -0.4 is 9.47 Å². The standard InChI is InChI=1S/C11H13NO4/c1-15-9-3-7-5-12(11(13)14)6-8(7)4-10(9)16-2/h3-4H,5-6H2,1-2H3,(H,13,14). The van der Waals surface area contributed by atoms with Gasteiger partial charge in [-0.15, -0.1) is 0 Å². The summed E-state index contributed by atoms with van der Waals surface area (Å²) in [5.74, 6) is 1.27. The monoisotopic (exact) mass is 223 g/mol. The molecule has 0 radical (unpaired) electrons. The van der Waals surface area contributed by atoms with Crippen molar-refractivity contribution >= 4 is 6.09 Å². The molecule has 0 aromatic heterocycles. The Balaban J connectivity index is 2.36. The molecule has 5 heteroatoms. The molecule has 0 aliphatic carbocycles.